The number of carbonyl (C=O) groups excluding carboxylic acids is 2. The van der Waals surface area contributed by atoms with Crippen molar-refractivity contribution in [2.24, 2.45) is 0 Å². The molecule has 9 nitrogen and oxygen atoms in total. The van der Waals surface area contributed by atoms with Crippen molar-refractivity contribution in [3.63, 3.8) is 0 Å². The number of H-pyrrole nitrogens is 1. The molecule has 2 aromatic rings. The Kier molecular flexibility index (Phi) is 7.39. The minimum absolute atomic E-state index is 0.165. The molecule has 33 heavy (non-hydrogen) atoms. The van der Waals surface area contributed by atoms with Crippen LogP contribution >= 0.6 is 0 Å². The number of esters is 1. The van der Waals surface area contributed by atoms with Crippen LogP contribution in [0.15, 0.2) is 12.1 Å². The second-order valence-corrected chi connectivity index (χ2v) is 8.77. The molecule has 1 amide bonds. The van der Waals surface area contributed by atoms with Gasteiger partial charge in [0.2, 0.25) is 5.91 Å². The Balaban J connectivity index is 1.46. The average molecular weight is 459 g/mol. The minimum atomic E-state index is -0.555. The number of fused-ring (bicyclic) bond motifs is 1. The third-order valence-corrected chi connectivity index (χ3v) is 6.82. The van der Waals surface area contributed by atoms with Crippen LogP contribution in [-0.4, -0.2) is 86.8 Å². The van der Waals surface area contributed by atoms with Crippen molar-refractivity contribution in [2.75, 3.05) is 59.4 Å². The Morgan fingerprint density at radius 3 is 2.30 bits per heavy atom. The van der Waals surface area contributed by atoms with E-state index < -0.39 is 5.97 Å². The van der Waals surface area contributed by atoms with Crippen LogP contribution in [0.2, 0.25) is 0 Å². The summed E-state index contributed by atoms with van der Waals surface area (Å²) in [5, 5.41) is 3.59. The van der Waals surface area contributed by atoms with Crippen molar-refractivity contribution in [1.29, 1.82) is 0 Å². The third kappa shape index (κ3) is 5.09. The number of ether oxygens (including phenoxy) is 3. The van der Waals surface area contributed by atoms with Crippen molar-refractivity contribution in [2.45, 2.75) is 38.1 Å². The van der Waals surface area contributed by atoms with Gasteiger partial charge in [0.1, 0.15) is 5.69 Å². The monoisotopic (exact) mass is 458 g/mol. The van der Waals surface area contributed by atoms with Crippen molar-refractivity contribution in [1.82, 2.24) is 14.8 Å². The molecule has 2 heterocycles. The summed E-state index contributed by atoms with van der Waals surface area (Å²) in [5.74, 6) is 0.314. The molecule has 9 heteroatoms. The molecule has 0 spiro atoms. The summed E-state index contributed by atoms with van der Waals surface area (Å²) in [5.41, 5.74) is 1.23. The fourth-order valence-corrected chi connectivity index (χ4v) is 5.02. The van der Waals surface area contributed by atoms with Crippen LogP contribution in [0.1, 0.15) is 42.6 Å². The lowest BCUT2D eigenvalue weighted by Gasteiger charge is -2.40. The van der Waals surface area contributed by atoms with E-state index in [9.17, 15) is 9.59 Å². The number of carbonyl (C=O) groups is 2. The smallest absolute Gasteiger partial charge is 0.356 e. The SMILES string of the molecule is COC(=O)c1[nH]c2cc(OC)c(OC)cc2c1NC(=O)CN1CCN(C2CCCCC2)CC1. The maximum absolute atomic E-state index is 13.0. The van der Waals surface area contributed by atoms with Gasteiger partial charge in [-0.15, -0.1) is 0 Å². The quantitative estimate of drug-likeness (QED) is 0.616. The molecule has 1 aromatic carbocycles. The zero-order valence-electron chi connectivity index (χ0n) is 19.7. The van der Waals surface area contributed by atoms with Gasteiger partial charge in [-0.2, -0.15) is 0 Å². The number of aromatic amines is 1. The Hall–Kier alpha value is -2.78. The average Bonchev–Trinajstić information content (AvgIpc) is 3.20. The van der Waals surface area contributed by atoms with Crippen LogP contribution in [0.3, 0.4) is 0 Å². The fourth-order valence-electron chi connectivity index (χ4n) is 5.02. The first kappa shape index (κ1) is 23.4. The summed E-state index contributed by atoms with van der Waals surface area (Å²) in [7, 11) is 4.40. The van der Waals surface area contributed by atoms with Crippen molar-refractivity contribution in [3.8, 4) is 11.5 Å². The van der Waals surface area contributed by atoms with Gasteiger partial charge in [-0.05, 0) is 18.9 Å². The zero-order valence-corrected chi connectivity index (χ0v) is 19.7. The summed E-state index contributed by atoms with van der Waals surface area (Å²) in [4.78, 5) is 33.1. The summed E-state index contributed by atoms with van der Waals surface area (Å²) >= 11 is 0. The molecule has 0 bridgehead atoms. The number of aromatic nitrogens is 1. The van der Waals surface area contributed by atoms with Gasteiger partial charge < -0.3 is 24.5 Å². The van der Waals surface area contributed by atoms with Crippen LogP contribution in [0.25, 0.3) is 10.9 Å². The first-order valence-electron chi connectivity index (χ1n) is 11.7. The Morgan fingerprint density at radius 2 is 1.67 bits per heavy atom. The van der Waals surface area contributed by atoms with Gasteiger partial charge in [-0.25, -0.2) is 4.79 Å². The van der Waals surface area contributed by atoms with Crippen molar-refractivity contribution in [3.05, 3.63) is 17.8 Å². The predicted octanol–water partition coefficient (Wildman–Crippen LogP) is 2.86. The van der Waals surface area contributed by atoms with Crippen LogP contribution in [-0.2, 0) is 9.53 Å². The molecule has 2 aliphatic rings. The van der Waals surface area contributed by atoms with E-state index in [1.807, 2.05) is 0 Å². The maximum atomic E-state index is 13.0. The lowest BCUT2D eigenvalue weighted by molar-refractivity contribution is -0.117. The number of hydrogen-bond acceptors (Lipinski definition) is 7. The van der Waals surface area contributed by atoms with E-state index in [1.54, 1.807) is 26.4 Å². The highest BCUT2D eigenvalue weighted by molar-refractivity contribution is 6.11. The van der Waals surface area contributed by atoms with Crippen LogP contribution in [0, 0.1) is 0 Å². The molecule has 1 aliphatic carbocycles. The maximum Gasteiger partial charge on any atom is 0.356 e. The van der Waals surface area contributed by atoms with E-state index in [4.69, 9.17) is 14.2 Å². The summed E-state index contributed by atoms with van der Waals surface area (Å²) in [6, 6.07) is 4.19. The minimum Gasteiger partial charge on any atom is -0.493 e. The number of anilines is 1. The number of amides is 1. The molecule has 1 aromatic heterocycles. The Bertz CT molecular complexity index is 990. The van der Waals surface area contributed by atoms with Crippen LogP contribution in [0.5, 0.6) is 11.5 Å². The number of benzene rings is 1. The number of nitrogens with one attached hydrogen (secondary N) is 2. The fraction of sp³-hybridized carbons (Fsp3) is 0.583. The molecule has 2 fully saturated rings. The second kappa shape index (κ2) is 10.4. The van der Waals surface area contributed by atoms with Gasteiger partial charge in [0.15, 0.2) is 11.5 Å². The Morgan fingerprint density at radius 1 is 1.00 bits per heavy atom. The summed E-state index contributed by atoms with van der Waals surface area (Å²) in [6.45, 7) is 4.00. The summed E-state index contributed by atoms with van der Waals surface area (Å²) < 4.78 is 15.7. The highest BCUT2D eigenvalue weighted by Gasteiger charge is 2.27. The lowest BCUT2D eigenvalue weighted by Crippen LogP contribution is -2.52. The molecule has 2 N–H and O–H groups in total. The number of rotatable bonds is 7. The second-order valence-electron chi connectivity index (χ2n) is 8.77. The number of nitrogens with zero attached hydrogens (tertiary/aromatic N) is 2. The molecular formula is C24H34N4O5. The molecule has 0 unspecified atom stereocenters. The van der Waals surface area contributed by atoms with E-state index >= 15 is 0 Å². The van der Waals surface area contributed by atoms with Crippen LogP contribution in [0.4, 0.5) is 5.69 Å². The first-order valence-corrected chi connectivity index (χ1v) is 11.7. The molecular weight excluding hydrogens is 424 g/mol. The van der Waals surface area contributed by atoms with Crippen molar-refractivity contribution >= 4 is 28.5 Å². The molecule has 1 aliphatic heterocycles. The predicted molar refractivity (Wildman–Crippen MR) is 126 cm³/mol. The van der Waals surface area contributed by atoms with E-state index in [2.05, 4.69) is 20.1 Å². The molecule has 4 rings (SSSR count). The molecule has 1 saturated carbocycles. The normalized spacial score (nSPS) is 18.3. The van der Waals surface area contributed by atoms with Gasteiger partial charge in [0, 0.05) is 43.7 Å². The standard InChI is InChI=1S/C24H34N4O5/c1-31-19-13-17-18(14-20(19)32-2)25-23(24(30)33-3)22(17)26-21(29)15-27-9-11-28(12-10-27)16-7-5-4-6-8-16/h13-14,16,25H,4-12,15H2,1-3H3,(H,26,29). The lowest BCUT2D eigenvalue weighted by atomic mass is 9.94. The first-order chi connectivity index (χ1) is 16.0. The third-order valence-electron chi connectivity index (χ3n) is 6.82. The molecule has 1 saturated heterocycles. The number of methoxy groups -OCH3 is 3. The molecule has 180 valence electrons. The highest BCUT2D eigenvalue weighted by Crippen LogP contribution is 2.37. The largest absolute Gasteiger partial charge is 0.493 e. The van der Waals surface area contributed by atoms with E-state index in [0.717, 1.165) is 26.2 Å². The highest BCUT2D eigenvalue weighted by atomic mass is 16.5. The van der Waals surface area contributed by atoms with Crippen molar-refractivity contribution < 1.29 is 23.8 Å². The van der Waals surface area contributed by atoms with Crippen LogP contribution < -0.4 is 14.8 Å². The summed E-state index contributed by atoms with van der Waals surface area (Å²) in [6.07, 6.45) is 6.61. The number of hydrogen-bond donors (Lipinski definition) is 2. The number of piperazine rings is 1. The van der Waals surface area contributed by atoms with E-state index in [-0.39, 0.29) is 18.1 Å². The Labute approximate surface area is 194 Å². The van der Waals surface area contributed by atoms with E-state index in [1.165, 1.54) is 39.2 Å². The van der Waals surface area contributed by atoms with Gasteiger partial charge in [-0.1, -0.05) is 19.3 Å². The molecule has 0 radical (unpaired) electrons. The van der Waals surface area contributed by atoms with Gasteiger partial charge in [-0.3, -0.25) is 14.6 Å². The van der Waals surface area contributed by atoms with Gasteiger partial charge in [0.25, 0.3) is 0 Å². The van der Waals surface area contributed by atoms with E-state index in [0.29, 0.717) is 34.1 Å². The topological polar surface area (TPSA) is 96.1 Å². The van der Waals surface area contributed by atoms with Gasteiger partial charge in [0.05, 0.1) is 39.1 Å². The van der Waals surface area contributed by atoms with Gasteiger partial charge >= 0.3 is 5.97 Å². The molecule has 0 atom stereocenters. The zero-order chi connectivity index (χ0) is 23.4.